The van der Waals surface area contributed by atoms with Crippen LogP contribution in [0.2, 0.25) is 0 Å². The minimum atomic E-state index is -0.0380. The maximum absolute atomic E-state index is 2.59. The molecular formula is C43H26N2. The average Bonchev–Trinajstić information content (AvgIpc) is 3.83. The molecule has 0 unspecified atom stereocenters. The summed E-state index contributed by atoms with van der Waals surface area (Å²) in [5, 5.41) is 13.3. The Kier molecular flexibility index (Phi) is 3.66. The molecule has 0 aliphatic heterocycles. The van der Waals surface area contributed by atoms with E-state index in [9.17, 15) is 0 Å². The van der Waals surface area contributed by atoms with Crippen LogP contribution in [-0.4, -0.2) is 8.80 Å². The average molecular weight is 571 g/mol. The van der Waals surface area contributed by atoms with Gasteiger partial charge in [-0.25, -0.2) is 0 Å². The van der Waals surface area contributed by atoms with E-state index < -0.39 is 0 Å². The maximum Gasteiger partial charge on any atom is 0.0627 e. The molecule has 0 saturated heterocycles. The van der Waals surface area contributed by atoms with Gasteiger partial charge in [-0.2, -0.15) is 0 Å². The van der Waals surface area contributed by atoms with Crippen LogP contribution in [0.25, 0.3) is 98.1 Å². The molecule has 0 bridgehead atoms. The third-order valence-corrected chi connectivity index (χ3v) is 11.3. The highest BCUT2D eigenvalue weighted by atomic mass is 14.9. The van der Waals surface area contributed by atoms with Gasteiger partial charge in [0.1, 0.15) is 0 Å². The Balaban J connectivity index is 1.36. The smallest absolute Gasteiger partial charge is 0.0627 e. The molecule has 4 heterocycles. The van der Waals surface area contributed by atoms with Crippen molar-refractivity contribution in [3.63, 3.8) is 0 Å². The van der Waals surface area contributed by atoms with E-state index in [2.05, 4.69) is 144 Å². The molecule has 0 fully saturated rings. The van der Waals surface area contributed by atoms with E-state index in [0.717, 1.165) is 0 Å². The highest BCUT2D eigenvalue weighted by Crippen LogP contribution is 2.52. The topological polar surface area (TPSA) is 8.82 Å². The van der Waals surface area contributed by atoms with Crippen LogP contribution >= 0.6 is 0 Å². The highest BCUT2D eigenvalue weighted by molar-refractivity contribution is 6.34. The number of rotatable bonds is 0. The second-order valence-corrected chi connectivity index (χ2v) is 13.7. The van der Waals surface area contributed by atoms with Crippen LogP contribution in [0.5, 0.6) is 0 Å². The summed E-state index contributed by atoms with van der Waals surface area (Å²) in [6.45, 7) is 4.77. The number of hydrogen-bond acceptors (Lipinski definition) is 0. The lowest BCUT2D eigenvalue weighted by molar-refractivity contribution is 0.661. The van der Waals surface area contributed by atoms with Gasteiger partial charge >= 0.3 is 0 Å². The maximum atomic E-state index is 2.59. The molecule has 0 radical (unpaired) electrons. The van der Waals surface area contributed by atoms with Crippen LogP contribution in [0.4, 0.5) is 0 Å². The standard InChI is InChI=1S/C43H26N2/c1-43(2)34-16-7-5-12-25(34)29-21-37-31(20-35(29)43)32-18-23-10-3-4-11-24(23)40-33-19-30-28-15-9-14-27-26-13-6-8-17-36(26)44(41(27)28)38(30)22-39(33)45(37)42(32)40/h3-22H,1-2H3. The molecular weight excluding hydrogens is 544 g/mol. The number of fused-ring (bicyclic) bond motifs is 17. The lowest BCUT2D eigenvalue weighted by Crippen LogP contribution is -2.14. The van der Waals surface area contributed by atoms with E-state index >= 15 is 0 Å². The first-order valence-corrected chi connectivity index (χ1v) is 16.0. The van der Waals surface area contributed by atoms with Gasteiger partial charge in [-0.3, -0.25) is 0 Å². The first-order chi connectivity index (χ1) is 22.1. The van der Waals surface area contributed by atoms with Gasteiger partial charge in [0.15, 0.2) is 0 Å². The molecule has 7 aromatic carbocycles. The molecule has 2 nitrogen and oxygen atoms in total. The van der Waals surface area contributed by atoms with Gasteiger partial charge in [-0.15, -0.1) is 0 Å². The van der Waals surface area contributed by atoms with E-state index in [1.807, 2.05) is 0 Å². The zero-order chi connectivity index (χ0) is 29.3. The van der Waals surface area contributed by atoms with Gasteiger partial charge in [0.05, 0.1) is 33.1 Å². The molecule has 2 heteroatoms. The first-order valence-electron chi connectivity index (χ1n) is 16.0. The van der Waals surface area contributed by atoms with Crippen molar-refractivity contribution >= 4 is 87.0 Å². The second-order valence-electron chi connectivity index (χ2n) is 13.7. The lowest BCUT2D eigenvalue weighted by Gasteiger charge is -2.21. The van der Waals surface area contributed by atoms with Gasteiger partial charge in [-0.1, -0.05) is 98.8 Å². The van der Waals surface area contributed by atoms with Gasteiger partial charge in [-0.05, 0) is 69.4 Å². The zero-order valence-electron chi connectivity index (χ0n) is 24.9. The van der Waals surface area contributed by atoms with Crippen LogP contribution in [0.3, 0.4) is 0 Å². The van der Waals surface area contributed by atoms with E-state index in [1.54, 1.807) is 0 Å². The third kappa shape index (κ3) is 2.41. The second kappa shape index (κ2) is 7.20. The molecule has 0 atom stereocenters. The lowest BCUT2D eigenvalue weighted by atomic mass is 9.82. The summed E-state index contributed by atoms with van der Waals surface area (Å²) >= 11 is 0. The zero-order valence-corrected chi connectivity index (χ0v) is 24.9. The summed E-state index contributed by atoms with van der Waals surface area (Å²) in [5.41, 5.74) is 13.3. The fourth-order valence-corrected chi connectivity index (χ4v) is 9.40. The van der Waals surface area contributed by atoms with Crippen LogP contribution in [0.1, 0.15) is 25.0 Å². The van der Waals surface area contributed by atoms with Crippen LogP contribution in [-0.2, 0) is 5.41 Å². The van der Waals surface area contributed by atoms with Gasteiger partial charge < -0.3 is 8.80 Å². The van der Waals surface area contributed by atoms with Crippen molar-refractivity contribution in [1.82, 2.24) is 8.80 Å². The predicted octanol–water partition coefficient (Wildman–Crippen LogP) is 11.4. The highest BCUT2D eigenvalue weighted by Gasteiger charge is 2.36. The number of benzene rings is 7. The Morgan fingerprint density at radius 3 is 1.98 bits per heavy atom. The molecule has 0 N–H and O–H groups in total. The SMILES string of the molecule is CC1(C)c2ccccc2-c2cc3c(cc21)c1cc2ccccc2c2c4cc5c6cccc7c8ccccc8n(c5cc4n3c12)c76. The van der Waals surface area contributed by atoms with Crippen molar-refractivity contribution in [3.05, 3.63) is 132 Å². The summed E-state index contributed by atoms with van der Waals surface area (Å²) in [4.78, 5) is 0. The monoisotopic (exact) mass is 570 g/mol. The Labute approximate surface area is 258 Å². The van der Waals surface area contributed by atoms with Crippen LogP contribution in [0.15, 0.2) is 121 Å². The normalized spacial score (nSPS) is 14.6. The van der Waals surface area contributed by atoms with Crippen molar-refractivity contribution in [1.29, 1.82) is 0 Å². The predicted molar refractivity (Wildman–Crippen MR) is 191 cm³/mol. The number of aromatic nitrogens is 2. The molecule has 12 rings (SSSR count). The minimum Gasteiger partial charge on any atom is -0.308 e. The largest absolute Gasteiger partial charge is 0.308 e. The third-order valence-electron chi connectivity index (χ3n) is 11.3. The molecule has 0 amide bonds. The fraction of sp³-hybridized carbons (Fsp3) is 0.0698. The Hall–Kier alpha value is -5.60. The Morgan fingerprint density at radius 1 is 0.400 bits per heavy atom. The molecule has 0 spiro atoms. The number of para-hydroxylation sites is 2. The molecule has 11 aromatic rings. The van der Waals surface area contributed by atoms with Gasteiger partial charge in [0.25, 0.3) is 0 Å². The quantitative estimate of drug-likeness (QED) is 0.171. The van der Waals surface area contributed by atoms with E-state index in [1.165, 1.54) is 109 Å². The summed E-state index contributed by atoms with van der Waals surface area (Å²) < 4.78 is 5.10. The number of hydrogen-bond donors (Lipinski definition) is 0. The van der Waals surface area contributed by atoms with Crippen LogP contribution < -0.4 is 0 Å². The Morgan fingerprint density at radius 2 is 1.07 bits per heavy atom. The van der Waals surface area contributed by atoms with E-state index in [4.69, 9.17) is 0 Å². The van der Waals surface area contributed by atoms with E-state index in [-0.39, 0.29) is 5.41 Å². The first kappa shape index (κ1) is 22.9. The summed E-state index contributed by atoms with van der Waals surface area (Å²) in [6.07, 6.45) is 0. The Bertz CT molecular complexity index is 3110. The molecule has 0 saturated carbocycles. The molecule has 1 aliphatic rings. The van der Waals surface area contributed by atoms with Gasteiger partial charge in [0.2, 0.25) is 0 Å². The van der Waals surface area contributed by atoms with Crippen LogP contribution in [0, 0.1) is 0 Å². The molecule has 1 aliphatic carbocycles. The molecule has 45 heavy (non-hydrogen) atoms. The molecule has 4 aromatic heterocycles. The van der Waals surface area contributed by atoms with Gasteiger partial charge in [0, 0.05) is 48.5 Å². The van der Waals surface area contributed by atoms with Crippen molar-refractivity contribution < 1.29 is 0 Å². The van der Waals surface area contributed by atoms with E-state index in [0.29, 0.717) is 0 Å². The fourth-order valence-electron chi connectivity index (χ4n) is 9.40. The minimum absolute atomic E-state index is 0.0380. The summed E-state index contributed by atoms with van der Waals surface area (Å²) in [7, 11) is 0. The van der Waals surface area contributed by atoms with Crippen molar-refractivity contribution in [2.24, 2.45) is 0 Å². The summed E-state index contributed by atoms with van der Waals surface area (Å²) in [6, 6.07) is 46.0. The summed E-state index contributed by atoms with van der Waals surface area (Å²) in [5.74, 6) is 0. The number of nitrogens with zero attached hydrogens (tertiary/aromatic N) is 2. The molecule has 208 valence electrons. The van der Waals surface area contributed by atoms with Crippen molar-refractivity contribution in [3.8, 4) is 11.1 Å². The van der Waals surface area contributed by atoms with Crippen molar-refractivity contribution in [2.75, 3.05) is 0 Å². The van der Waals surface area contributed by atoms with Crippen molar-refractivity contribution in [2.45, 2.75) is 19.3 Å².